The quantitative estimate of drug-likeness (QED) is 0.863. The van der Waals surface area contributed by atoms with E-state index in [0.29, 0.717) is 0 Å². The van der Waals surface area contributed by atoms with Crippen LogP contribution in [0.25, 0.3) is 0 Å². The molecule has 2 heteroatoms. The highest BCUT2D eigenvalue weighted by Crippen LogP contribution is 2.40. The molecule has 1 saturated heterocycles. The molecule has 2 nitrogen and oxygen atoms in total. The fourth-order valence-electron chi connectivity index (χ4n) is 3.63. The Kier molecular flexibility index (Phi) is 3.17. The van der Waals surface area contributed by atoms with Crippen molar-refractivity contribution in [2.45, 2.75) is 25.3 Å². The van der Waals surface area contributed by atoms with Gasteiger partial charge in [0.2, 0.25) is 0 Å². The van der Waals surface area contributed by atoms with Crippen LogP contribution in [0.5, 0.6) is 0 Å². The van der Waals surface area contributed by atoms with Gasteiger partial charge >= 0.3 is 0 Å². The first-order valence-corrected chi connectivity index (χ1v) is 6.78. The molecule has 1 aliphatic heterocycles. The molecule has 1 aromatic rings. The Morgan fingerprint density at radius 2 is 1.76 bits per heavy atom. The molecule has 0 bridgehead atoms. The summed E-state index contributed by atoms with van der Waals surface area (Å²) in [7, 11) is 0. The largest absolute Gasteiger partial charge is 0.394 e. The smallest absolute Gasteiger partial charge is 0.0628 e. The fraction of sp³-hybridized carbons (Fsp3) is 0.600. The summed E-state index contributed by atoms with van der Waals surface area (Å²) in [6.45, 7) is 2.61. The molecule has 92 valence electrons. The maximum absolute atomic E-state index is 9.66. The summed E-state index contributed by atoms with van der Waals surface area (Å²) in [5.41, 5.74) is 1.26. The van der Waals surface area contributed by atoms with Crippen LogP contribution in [0.4, 0.5) is 0 Å². The molecule has 1 aliphatic carbocycles. The zero-order chi connectivity index (χ0) is 11.7. The number of rotatable bonds is 3. The molecule has 2 fully saturated rings. The van der Waals surface area contributed by atoms with E-state index < -0.39 is 0 Å². The number of aliphatic hydroxyl groups excluding tert-OH is 1. The third kappa shape index (κ3) is 2.12. The first kappa shape index (κ1) is 11.2. The lowest BCUT2D eigenvalue weighted by Gasteiger charge is -2.27. The number of nitrogens with zero attached hydrogens (tertiary/aromatic N) is 1. The van der Waals surface area contributed by atoms with Gasteiger partial charge in [-0.3, -0.25) is 4.90 Å². The Hall–Kier alpha value is -0.860. The van der Waals surface area contributed by atoms with Crippen LogP contribution in [0, 0.1) is 11.8 Å². The molecule has 3 atom stereocenters. The summed E-state index contributed by atoms with van der Waals surface area (Å²) < 4.78 is 0. The Balaban J connectivity index is 1.74. The monoisotopic (exact) mass is 231 g/mol. The highest BCUT2D eigenvalue weighted by Gasteiger charge is 2.38. The number of hydrogen-bond donors (Lipinski definition) is 1. The molecule has 0 amide bonds. The molecule has 3 rings (SSSR count). The summed E-state index contributed by atoms with van der Waals surface area (Å²) in [4.78, 5) is 2.49. The zero-order valence-electron chi connectivity index (χ0n) is 10.3. The van der Waals surface area contributed by atoms with Crippen molar-refractivity contribution in [3.05, 3.63) is 35.9 Å². The van der Waals surface area contributed by atoms with Crippen molar-refractivity contribution in [2.75, 3.05) is 19.7 Å². The van der Waals surface area contributed by atoms with E-state index in [0.717, 1.165) is 11.8 Å². The van der Waals surface area contributed by atoms with Gasteiger partial charge in [0.05, 0.1) is 12.6 Å². The van der Waals surface area contributed by atoms with E-state index in [-0.39, 0.29) is 12.6 Å². The maximum atomic E-state index is 9.66. The maximum Gasteiger partial charge on any atom is 0.0628 e. The van der Waals surface area contributed by atoms with Crippen molar-refractivity contribution < 1.29 is 5.11 Å². The van der Waals surface area contributed by atoms with Crippen LogP contribution in [-0.4, -0.2) is 29.7 Å². The van der Waals surface area contributed by atoms with Crippen LogP contribution in [0.15, 0.2) is 30.3 Å². The Labute approximate surface area is 103 Å². The van der Waals surface area contributed by atoms with Gasteiger partial charge in [-0.2, -0.15) is 0 Å². The predicted molar refractivity (Wildman–Crippen MR) is 68.7 cm³/mol. The molecular weight excluding hydrogens is 210 g/mol. The second kappa shape index (κ2) is 4.79. The van der Waals surface area contributed by atoms with E-state index in [9.17, 15) is 5.11 Å². The van der Waals surface area contributed by atoms with E-state index in [4.69, 9.17) is 0 Å². The van der Waals surface area contributed by atoms with Crippen LogP contribution >= 0.6 is 0 Å². The lowest BCUT2D eigenvalue weighted by Crippen LogP contribution is -2.29. The minimum Gasteiger partial charge on any atom is -0.394 e. The number of benzene rings is 1. The Bertz CT molecular complexity index is 352. The molecular formula is C15H21NO. The van der Waals surface area contributed by atoms with E-state index in [1.54, 1.807) is 0 Å². The van der Waals surface area contributed by atoms with Crippen LogP contribution in [0.2, 0.25) is 0 Å². The summed E-state index contributed by atoms with van der Waals surface area (Å²) >= 11 is 0. The van der Waals surface area contributed by atoms with Crippen LogP contribution < -0.4 is 0 Å². The predicted octanol–water partition coefficient (Wildman–Crippen LogP) is 2.45. The average Bonchev–Trinajstić information content (AvgIpc) is 2.92. The molecule has 1 heterocycles. The van der Waals surface area contributed by atoms with Gasteiger partial charge in [0, 0.05) is 13.1 Å². The summed E-state index contributed by atoms with van der Waals surface area (Å²) in [5, 5.41) is 9.66. The second-order valence-electron chi connectivity index (χ2n) is 5.51. The van der Waals surface area contributed by atoms with Gasteiger partial charge in [0.25, 0.3) is 0 Å². The topological polar surface area (TPSA) is 23.5 Å². The molecule has 0 aromatic heterocycles. The number of likely N-dealkylation sites (tertiary alicyclic amines) is 1. The second-order valence-corrected chi connectivity index (χ2v) is 5.51. The van der Waals surface area contributed by atoms with E-state index in [1.807, 2.05) is 6.07 Å². The van der Waals surface area contributed by atoms with Gasteiger partial charge in [0.1, 0.15) is 0 Å². The third-order valence-corrected chi connectivity index (χ3v) is 4.55. The minimum absolute atomic E-state index is 0.210. The molecule has 2 aliphatic rings. The van der Waals surface area contributed by atoms with Crippen molar-refractivity contribution in [1.82, 2.24) is 4.90 Å². The molecule has 1 unspecified atom stereocenters. The molecule has 0 spiro atoms. The highest BCUT2D eigenvalue weighted by molar-refractivity contribution is 5.19. The van der Waals surface area contributed by atoms with Crippen molar-refractivity contribution in [3.8, 4) is 0 Å². The third-order valence-electron chi connectivity index (χ3n) is 4.55. The van der Waals surface area contributed by atoms with Gasteiger partial charge in [-0.1, -0.05) is 36.8 Å². The standard InChI is InChI=1S/C15H21NO/c17-11-15(12-5-2-1-3-6-12)16-9-13-7-4-8-14(13)10-16/h1-3,5-6,13-15,17H,4,7-11H2/t13-,14+,15?. The zero-order valence-corrected chi connectivity index (χ0v) is 10.3. The summed E-state index contributed by atoms with van der Waals surface area (Å²) in [5.74, 6) is 1.79. The Morgan fingerprint density at radius 3 is 2.35 bits per heavy atom. The van der Waals surface area contributed by atoms with Crippen molar-refractivity contribution >= 4 is 0 Å². The van der Waals surface area contributed by atoms with Gasteiger partial charge < -0.3 is 5.11 Å². The first-order chi connectivity index (χ1) is 8.38. The normalized spacial score (nSPS) is 30.4. The van der Waals surface area contributed by atoms with Gasteiger partial charge in [-0.05, 0) is 30.2 Å². The van der Waals surface area contributed by atoms with E-state index >= 15 is 0 Å². The van der Waals surface area contributed by atoms with Crippen molar-refractivity contribution in [3.63, 3.8) is 0 Å². The molecule has 17 heavy (non-hydrogen) atoms. The minimum atomic E-state index is 0.210. The van der Waals surface area contributed by atoms with Gasteiger partial charge in [-0.15, -0.1) is 0 Å². The summed E-state index contributed by atoms with van der Waals surface area (Å²) in [6, 6.07) is 10.6. The molecule has 1 N–H and O–H groups in total. The number of aliphatic hydroxyl groups is 1. The van der Waals surface area contributed by atoms with Crippen molar-refractivity contribution in [1.29, 1.82) is 0 Å². The van der Waals surface area contributed by atoms with Gasteiger partial charge in [-0.25, -0.2) is 0 Å². The van der Waals surface area contributed by atoms with Crippen LogP contribution in [0.3, 0.4) is 0 Å². The highest BCUT2D eigenvalue weighted by atomic mass is 16.3. The van der Waals surface area contributed by atoms with Crippen LogP contribution in [0.1, 0.15) is 30.9 Å². The fourth-order valence-corrected chi connectivity index (χ4v) is 3.63. The average molecular weight is 231 g/mol. The number of fused-ring (bicyclic) bond motifs is 1. The Morgan fingerprint density at radius 1 is 1.12 bits per heavy atom. The SMILES string of the molecule is OCC(c1ccccc1)N1C[C@H]2CCC[C@H]2C1. The first-order valence-electron chi connectivity index (χ1n) is 6.78. The van der Waals surface area contributed by atoms with Crippen LogP contribution in [-0.2, 0) is 0 Å². The lowest BCUT2D eigenvalue weighted by molar-refractivity contribution is 0.138. The van der Waals surface area contributed by atoms with Crippen molar-refractivity contribution in [2.24, 2.45) is 11.8 Å². The summed E-state index contributed by atoms with van der Waals surface area (Å²) in [6.07, 6.45) is 4.21. The van der Waals surface area contributed by atoms with E-state index in [1.165, 1.54) is 37.9 Å². The van der Waals surface area contributed by atoms with E-state index in [2.05, 4.69) is 29.2 Å². The molecule has 1 aromatic carbocycles. The molecule has 1 saturated carbocycles. The van der Waals surface area contributed by atoms with Gasteiger partial charge in [0.15, 0.2) is 0 Å². The molecule has 0 radical (unpaired) electrons. The lowest BCUT2D eigenvalue weighted by atomic mass is 10.0. The number of hydrogen-bond acceptors (Lipinski definition) is 2.